The van der Waals surface area contributed by atoms with Crippen molar-refractivity contribution in [2.24, 2.45) is 5.73 Å². The molecule has 1 aliphatic heterocycles. The first-order valence-corrected chi connectivity index (χ1v) is 13.2. The van der Waals surface area contributed by atoms with Gasteiger partial charge >= 0.3 is 0 Å². The van der Waals surface area contributed by atoms with Crippen LogP contribution < -0.4 is 21.5 Å². The SMILES string of the molecule is CS(=O)(=O)c1ccccc1-c1ccc(-n2ccc3c(c2=O)N(c2cccc(C(=N)N)c2)CC(=O)N3)cc1. The number of hydrogen-bond acceptors (Lipinski definition) is 6. The van der Waals surface area contributed by atoms with Crippen LogP contribution in [0.3, 0.4) is 0 Å². The molecule has 4 N–H and O–H groups in total. The molecule has 0 spiro atoms. The number of sulfone groups is 1. The Labute approximate surface area is 213 Å². The Morgan fingerprint density at radius 2 is 1.68 bits per heavy atom. The van der Waals surface area contributed by atoms with Gasteiger partial charge in [0.05, 0.1) is 10.6 Å². The number of nitrogens with two attached hydrogens (primary N) is 1. The van der Waals surface area contributed by atoms with Gasteiger partial charge in [-0.1, -0.05) is 42.5 Å². The van der Waals surface area contributed by atoms with E-state index in [0.29, 0.717) is 33.8 Å². The van der Waals surface area contributed by atoms with Crippen molar-refractivity contribution in [2.45, 2.75) is 4.90 Å². The van der Waals surface area contributed by atoms with Crippen molar-refractivity contribution in [2.75, 3.05) is 23.0 Å². The molecule has 0 bridgehead atoms. The molecule has 0 saturated heterocycles. The normalized spacial score (nSPS) is 13.1. The maximum Gasteiger partial charge on any atom is 0.281 e. The van der Waals surface area contributed by atoms with Gasteiger partial charge < -0.3 is 16.0 Å². The van der Waals surface area contributed by atoms with E-state index >= 15 is 0 Å². The van der Waals surface area contributed by atoms with Gasteiger partial charge in [-0.3, -0.25) is 19.6 Å². The number of aromatic nitrogens is 1. The Hall–Kier alpha value is -4.70. The van der Waals surface area contributed by atoms with E-state index in [2.05, 4.69) is 5.32 Å². The van der Waals surface area contributed by atoms with Crippen LogP contribution in [0.4, 0.5) is 17.1 Å². The van der Waals surface area contributed by atoms with Gasteiger partial charge in [0, 0.05) is 35.0 Å². The van der Waals surface area contributed by atoms with Crippen LogP contribution in [0.1, 0.15) is 5.56 Å². The van der Waals surface area contributed by atoms with Crippen molar-refractivity contribution in [3.63, 3.8) is 0 Å². The molecule has 3 aromatic carbocycles. The molecule has 0 atom stereocenters. The molecule has 2 heterocycles. The Morgan fingerprint density at radius 3 is 2.38 bits per heavy atom. The van der Waals surface area contributed by atoms with Crippen LogP contribution in [0.15, 0.2) is 94.7 Å². The summed E-state index contributed by atoms with van der Waals surface area (Å²) in [5.41, 5.74) is 8.84. The van der Waals surface area contributed by atoms with Crippen molar-refractivity contribution < 1.29 is 13.2 Å². The zero-order valence-corrected chi connectivity index (χ0v) is 20.6. The van der Waals surface area contributed by atoms with Gasteiger partial charge in [-0.15, -0.1) is 0 Å². The zero-order chi connectivity index (χ0) is 26.3. The monoisotopic (exact) mass is 513 g/mol. The standard InChI is InChI=1S/C27H23N5O4S/c1-37(35,36)23-8-3-2-7-21(23)17-9-11-19(12-10-17)31-14-13-22-25(27(31)34)32(16-24(33)30-22)20-6-4-5-18(15-20)26(28)29/h2-15H,16H2,1H3,(H3,28,29)(H,30,33). The molecule has 0 unspecified atom stereocenters. The van der Waals surface area contributed by atoms with Gasteiger partial charge in [-0.25, -0.2) is 8.42 Å². The third-order valence-corrected chi connectivity index (χ3v) is 7.28. The van der Waals surface area contributed by atoms with Gasteiger partial charge in [0.25, 0.3) is 5.56 Å². The summed E-state index contributed by atoms with van der Waals surface area (Å²) < 4.78 is 25.9. The highest BCUT2D eigenvalue weighted by Crippen LogP contribution is 2.33. The smallest absolute Gasteiger partial charge is 0.281 e. The molecule has 0 radical (unpaired) electrons. The van der Waals surface area contributed by atoms with Gasteiger partial charge in [0.2, 0.25) is 5.91 Å². The van der Waals surface area contributed by atoms with Gasteiger partial charge in [0.15, 0.2) is 9.84 Å². The van der Waals surface area contributed by atoms with E-state index in [0.717, 1.165) is 0 Å². The number of hydrogen-bond donors (Lipinski definition) is 3. The number of rotatable bonds is 5. The van der Waals surface area contributed by atoms with Crippen molar-refractivity contribution in [3.8, 4) is 16.8 Å². The minimum Gasteiger partial charge on any atom is -0.384 e. The van der Waals surface area contributed by atoms with E-state index in [1.165, 1.54) is 10.8 Å². The quantitative estimate of drug-likeness (QED) is 0.277. The molecule has 4 aromatic rings. The molecule has 1 aromatic heterocycles. The number of amidine groups is 1. The van der Waals surface area contributed by atoms with Crippen molar-refractivity contribution in [1.29, 1.82) is 5.41 Å². The Balaban J connectivity index is 1.59. The first-order valence-electron chi connectivity index (χ1n) is 11.3. The highest BCUT2D eigenvalue weighted by Gasteiger charge is 2.27. The van der Waals surface area contributed by atoms with Crippen molar-refractivity contribution in [3.05, 3.63) is 101 Å². The van der Waals surface area contributed by atoms with Crippen LogP contribution in [0, 0.1) is 5.41 Å². The van der Waals surface area contributed by atoms with Crippen LogP contribution in [0.2, 0.25) is 0 Å². The zero-order valence-electron chi connectivity index (χ0n) is 19.8. The number of nitrogens with one attached hydrogen (secondary N) is 2. The minimum atomic E-state index is -3.42. The Bertz CT molecular complexity index is 1730. The van der Waals surface area contributed by atoms with E-state index in [1.54, 1.807) is 90.0 Å². The minimum absolute atomic E-state index is 0.0746. The molecule has 10 heteroatoms. The predicted octanol–water partition coefficient (Wildman–Crippen LogP) is 3.28. The van der Waals surface area contributed by atoms with E-state index in [9.17, 15) is 18.0 Å². The first-order chi connectivity index (χ1) is 17.6. The molecule has 9 nitrogen and oxygen atoms in total. The molecule has 37 heavy (non-hydrogen) atoms. The third-order valence-electron chi connectivity index (χ3n) is 6.12. The Kier molecular flexibility index (Phi) is 5.88. The van der Waals surface area contributed by atoms with Gasteiger partial charge in [0.1, 0.15) is 18.1 Å². The topological polar surface area (TPSA) is 138 Å². The second-order valence-corrected chi connectivity index (χ2v) is 10.7. The number of benzene rings is 3. The van der Waals surface area contributed by atoms with Crippen LogP contribution >= 0.6 is 0 Å². The summed E-state index contributed by atoms with van der Waals surface area (Å²) in [7, 11) is -3.42. The van der Waals surface area contributed by atoms with E-state index < -0.39 is 9.84 Å². The van der Waals surface area contributed by atoms with E-state index in [1.807, 2.05) is 0 Å². The molecule has 0 fully saturated rings. The fraction of sp³-hybridized carbons (Fsp3) is 0.0741. The number of carbonyl (C=O) groups excluding carboxylic acids is 1. The molecular weight excluding hydrogens is 490 g/mol. The lowest BCUT2D eigenvalue weighted by molar-refractivity contribution is -0.115. The predicted molar refractivity (Wildman–Crippen MR) is 144 cm³/mol. The summed E-state index contributed by atoms with van der Waals surface area (Å²) in [5.74, 6) is -0.390. The molecule has 0 aliphatic carbocycles. The second-order valence-electron chi connectivity index (χ2n) is 8.67. The largest absolute Gasteiger partial charge is 0.384 e. The van der Waals surface area contributed by atoms with Crippen LogP contribution in [-0.2, 0) is 14.6 Å². The first kappa shape index (κ1) is 24.0. The molecule has 1 aliphatic rings. The lowest BCUT2D eigenvalue weighted by Crippen LogP contribution is -2.40. The molecular formula is C27H23N5O4S. The van der Waals surface area contributed by atoms with Crippen molar-refractivity contribution >= 4 is 38.6 Å². The Morgan fingerprint density at radius 1 is 0.946 bits per heavy atom. The number of amides is 1. The number of pyridine rings is 1. The fourth-order valence-electron chi connectivity index (χ4n) is 4.39. The second kappa shape index (κ2) is 9.07. The lowest BCUT2D eigenvalue weighted by atomic mass is 10.1. The number of nitrogens with zero attached hydrogens (tertiary/aromatic N) is 2. The number of nitrogen functional groups attached to an aromatic ring is 1. The van der Waals surface area contributed by atoms with Crippen LogP contribution in [-0.4, -0.2) is 37.5 Å². The van der Waals surface area contributed by atoms with Crippen LogP contribution in [0.25, 0.3) is 16.8 Å². The fourth-order valence-corrected chi connectivity index (χ4v) is 5.31. The highest BCUT2D eigenvalue weighted by atomic mass is 32.2. The number of carbonyl (C=O) groups is 1. The molecule has 186 valence electrons. The maximum atomic E-state index is 13.7. The van der Waals surface area contributed by atoms with Crippen LogP contribution in [0.5, 0.6) is 0 Å². The van der Waals surface area contributed by atoms with E-state index in [-0.39, 0.29) is 34.4 Å². The summed E-state index contributed by atoms with van der Waals surface area (Å²) in [6.45, 7) is -0.0746. The van der Waals surface area contributed by atoms with Gasteiger partial charge in [-0.05, 0) is 42.0 Å². The summed E-state index contributed by atoms with van der Waals surface area (Å²) in [6.07, 6.45) is 2.75. The summed E-state index contributed by atoms with van der Waals surface area (Å²) in [5, 5.41) is 10.5. The summed E-state index contributed by atoms with van der Waals surface area (Å²) in [4.78, 5) is 27.9. The van der Waals surface area contributed by atoms with Crippen molar-refractivity contribution in [1.82, 2.24) is 4.57 Å². The summed E-state index contributed by atoms with van der Waals surface area (Å²) in [6, 6.07) is 22.2. The summed E-state index contributed by atoms with van der Waals surface area (Å²) >= 11 is 0. The average molecular weight is 514 g/mol. The lowest BCUT2D eigenvalue weighted by Gasteiger charge is -2.31. The number of anilines is 3. The number of fused-ring (bicyclic) bond motifs is 1. The highest BCUT2D eigenvalue weighted by molar-refractivity contribution is 7.90. The van der Waals surface area contributed by atoms with Gasteiger partial charge in [-0.2, -0.15) is 0 Å². The molecule has 5 rings (SSSR count). The third kappa shape index (κ3) is 4.50. The maximum absolute atomic E-state index is 13.7. The van der Waals surface area contributed by atoms with E-state index in [4.69, 9.17) is 11.1 Å². The average Bonchev–Trinajstić information content (AvgIpc) is 2.88. The molecule has 0 saturated carbocycles. The molecule has 1 amide bonds.